The van der Waals surface area contributed by atoms with Crippen LogP contribution in [0.5, 0.6) is 0 Å². The molecule has 324 valence electrons. The van der Waals surface area contributed by atoms with Crippen LogP contribution in [0.15, 0.2) is 41.0 Å². The lowest BCUT2D eigenvalue weighted by atomic mass is 9.45. The summed E-state index contributed by atoms with van der Waals surface area (Å²) >= 11 is 0. The van der Waals surface area contributed by atoms with E-state index in [0.29, 0.717) is 44.4 Å². The first-order valence-corrected chi connectivity index (χ1v) is 21.3. The van der Waals surface area contributed by atoms with Gasteiger partial charge in [-0.25, -0.2) is 4.79 Å². The third-order valence-corrected chi connectivity index (χ3v) is 13.8. The fourth-order valence-corrected chi connectivity index (χ4v) is 11.3. The molecule has 12 atom stereocenters. The summed E-state index contributed by atoms with van der Waals surface area (Å²) in [6.45, 7) is 14.8. The van der Waals surface area contributed by atoms with Crippen molar-refractivity contribution in [2.24, 2.45) is 51.5 Å². The van der Waals surface area contributed by atoms with Gasteiger partial charge in [-0.2, -0.15) is 0 Å². The lowest BCUT2D eigenvalue weighted by Gasteiger charge is -2.62. The van der Waals surface area contributed by atoms with Gasteiger partial charge in [-0.1, -0.05) is 63.5 Å². The summed E-state index contributed by atoms with van der Waals surface area (Å²) in [5.41, 5.74) is 9.16. The quantitative estimate of drug-likeness (QED) is 0.0319. The molecule has 3 fully saturated rings. The van der Waals surface area contributed by atoms with E-state index in [1.54, 1.807) is 12.1 Å². The molecule has 0 saturated heterocycles. The van der Waals surface area contributed by atoms with E-state index in [1.165, 1.54) is 32.9 Å². The highest BCUT2D eigenvalue weighted by molar-refractivity contribution is 5.94. The third-order valence-electron chi connectivity index (χ3n) is 13.8. The Bertz CT molecular complexity index is 1810. The number of unbranched alkanes of at least 4 members (excludes halogenated alkanes) is 1. The molecule has 0 bridgehead atoms. The van der Waals surface area contributed by atoms with Crippen molar-refractivity contribution in [2.45, 2.75) is 150 Å². The standard InChI is InChI=1S/C45H63N3O11/c1-25(2)16-19-35(52)26(3)32-17-18-33-31-23-37(57-28(5)50)41-42(58-29(6)51)36(56-27(4)49)20-21-44(41,7)40(31)38(24-45(32,33)8)59-39(53)15-11-12-22-55-43(54)30-13-9-10-14-34(30)47-48-46/h9-10,13-14,23,25-26,32-33,35-38,40-42,52H,11-12,15-22,24H2,1-8H3/t26-,32+,33-,35+,36-,37-,38+,40+,41-,42-,44+,45+/m0/s1. The summed E-state index contributed by atoms with van der Waals surface area (Å²) in [6.07, 6.45) is 4.08. The average Bonchev–Trinajstić information content (AvgIpc) is 3.50. The van der Waals surface area contributed by atoms with Crippen molar-refractivity contribution in [2.75, 3.05) is 6.61 Å². The molecule has 1 N–H and O–H groups in total. The number of rotatable bonds is 16. The first-order chi connectivity index (χ1) is 27.9. The van der Waals surface area contributed by atoms with Crippen LogP contribution in [-0.2, 0) is 42.9 Å². The minimum Gasteiger partial charge on any atom is -0.462 e. The fourth-order valence-electron chi connectivity index (χ4n) is 11.3. The van der Waals surface area contributed by atoms with Gasteiger partial charge in [0.2, 0.25) is 0 Å². The largest absolute Gasteiger partial charge is 0.462 e. The van der Waals surface area contributed by atoms with E-state index in [1.807, 2.05) is 6.08 Å². The molecule has 4 aliphatic carbocycles. The number of esters is 5. The number of carbonyl (C=O) groups is 5. The Morgan fingerprint density at radius 1 is 0.881 bits per heavy atom. The number of carbonyl (C=O) groups excluding carboxylic acids is 5. The van der Waals surface area contributed by atoms with Gasteiger partial charge in [0.25, 0.3) is 0 Å². The highest BCUT2D eigenvalue weighted by atomic mass is 16.6. The number of azide groups is 1. The average molecular weight is 822 g/mol. The van der Waals surface area contributed by atoms with Crippen LogP contribution in [0, 0.1) is 46.3 Å². The summed E-state index contributed by atoms with van der Waals surface area (Å²) in [5.74, 6) is -2.90. The maximum atomic E-state index is 13.9. The zero-order valence-electron chi connectivity index (χ0n) is 35.9. The molecule has 4 aliphatic rings. The molecule has 0 heterocycles. The molecule has 14 heteroatoms. The van der Waals surface area contributed by atoms with Crippen molar-refractivity contribution in [1.82, 2.24) is 0 Å². The molecule has 3 saturated carbocycles. The van der Waals surface area contributed by atoms with E-state index in [2.05, 4.69) is 44.6 Å². The van der Waals surface area contributed by atoms with Crippen molar-refractivity contribution in [1.29, 1.82) is 0 Å². The SMILES string of the molecule is CC(=O)O[C@@H]1[C@@H]2[C@@H](OC(C)=O)C=C3[C@H]([C@H](OC(=O)CCCCOC(=O)c4ccccc4N=[N+]=[N-])C[C@]4(C)[C@@H]([C@H](C)[C@H](O)CCC(C)C)CC[C@@H]34)[C@@]2(C)CC[C@@H]1OC(C)=O. The molecule has 14 nitrogen and oxygen atoms in total. The topological polar surface area (TPSA) is 200 Å². The minimum absolute atomic E-state index is 0.0117. The van der Waals surface area contributed by atoms with E-state index in [-0.39, 0.29) is 53.4 Å². The third kappa shape index (κ3) is 10.1. The second-order valence-electron chi connectivity index (χ2n) is 18.2. The van der Waals surface area contributed by atoms with E-state index >= 15 is 0 Å². The Morgan fingerprint density at radius 3 is 2.24 bits per heavy atom. The predicted molar refractivity (Wildman–Crippen MR) is 217 cm³/mol. The van der Waals surface area contributed by atoms with Crippen LogP contribution in [0.25, 0.3) is 10.4 Å². The summed E-state index contributed by atoms with van der Waals surface area (Å²) < 4.78 is 29.8. The van der Waals surface area contributed by atoms with Gasteiger partial charge in [0, 0.05) is 43.9 Å². The van der Waals surface area contributed by atoms with Gasteiger partial charge in [0.05, 0.1) is 24.0 Å². The number of hydrogen-bond acceptors (Lipinski definition) is 12. The maximum absolute atomic E-state index is 13.9. The van der Waals surface area contributed by atoms with Gasteiger partial charge in [0.15, 0.2) is 0 Å². The monoisotopic (exact) mass is 821 g/mol. The highest BCUT2D eigenvalue weighted by Gasteiger charge is 2.67. The fraction of sp³-hybridized carbons (Fsp3) is 0.711. The molecule has 1 aromatic carbocycles. The van der Waals surface area contributed by atoms with Gasteiger partial charge >= 0.3 is 29.8 Å². The lowest BCUT2D eigenvalue weighted by Crippen LogP contribution is -2.64. The summed E-state index contributed by atoms with van der Waals surface area (Å²) in [6, 6.07) is 6.35. The van der Waals surface area contributed by atoms with Crippen molar-refractivity contribution in [3.05, 3.63) is 51.9 Å². The van der Waals surface area contributed by atoms with Crippen LogP contribution < -0.4 is 0 Å². The van der Waals surface area contributed by atoms with Crippen LogP contribution >= 0.6 is 0 Å². The predicted octanol–water partition coefficient (Wildman–Crippen LogP) is 8.50. The molecule has 59 heavy (non-hydrogen) atoms. The zero-order chi connectivity index (χ0) is 43.2. The first-order valence-electron chi connectivity index (χ1n) is 21.3. The summed E-state index contributed by atoms with van der Waals surface area (Å²) in [5, 5.41) is 15.1. The van der Waals surface area contributed by atoms with Gasteiger partial charge in [-0.05, 0) is 110 Å². The molecule has 0 spiro atoms. The summed E-state index contributed by atoms with van der Waals surface area (Å²) in [7, 11) is 0. The molecule has 0 radical (unpaired) electrons. The summed E-state index contributed by atoms with van der Waals surface area (Å²) in [4.78, 5) is 67.1. The van der Waals surface area contributed by atoms with Crippen molar-refractivity contribution in [3.8, 4) is 0 Å². The van der Waals surface area contributed by atoms with Gasteiger partial charge in [0.1, 0.15) is 24.4 Å². The first kappa shape index (κ1) is 45.7. The molecule has 1 aromatic rings. The number of benzene rings is 1. The Balaban J connectivity index is 1.45. The van der Waals surface area contributed by atoms with E-state index in [0.717, 1.165) is 24.8 Å². The van der Waals surface area contributed by atoms with Crippen LogP contribution in [0.4, 0.5) is 5.69 Å². The zero-order valence-corrected chi connectivity index (χ0v) is 35.9. The van der Waals surface area contributed by atoms with Crippen LogP contribution in [-0.4, -0.2) is 72.1 Å². The molecular formula is C45H63N3O11. The molecule has 5 rings (SSSR count). The van der Waals surface area contributed by atoms with Crippen molar-refractivity contribution in [3.63, 3.8) is 0 Å². The Labute approximate surface area is 347 Å². The molecule has 0 aliphatic heterocycles. The number of aliphatic hydroxyl groups excluding tert-OH is 1. The van der Waals surface area contributed by atoms with Gasteiger partial charge in [-0.15, -0.1) is 0 Å². The molecule has 0 unspecified atom stereocenters. The van der Waals surface area contributed by atoms with Crippen LogP contribution in [0.1, 0.15) is 130 Å². The number of ether oxygens (including phenoxy) is 5. The Morgan fingerprint density at radius 2 is 1.58 bits per heavy atom. The van der Waals surface area contributed by atoms with Crippen molar-refractivity contribution < 1.29 is 52.8 Å². The molecule has 0 aromatic heterocycles. The highest BCUT2D eigenvalue weighted by Crippen LogP contribution is 2.68. The smallest absolute Gasteiger partial charge is 0.338 e. The maximum Gasteiger partial charge on any atom is 0.338 e. The molecule has 0 amide bonds. The lowest BCUT2D eigenvalue weighted by molar-refractivity contribution is -0.213. The van der Waals surface area contributed by atoms with Gasteiger partial charge in [-0.3, -0.25) is 19.2 Å². The van der Waals surface area contributed by atoms with Crippen LogP contribution in [0.3, 0.4) is 0 Å². The number of hydrogen-bond donors (Lipinski definition) is 1. The normalized spacial score (nSPS) is 31.8. The van der Waals surface area contributed by atoms with Gasteiger partial charge < -0.3 is 28.8 Å². The minimum atomic E-state index is -0.921. The van der Waals surface area contributed by atoms with Crippen LogP contribution in [0.2, 0.25) is 0 Å². The van der Waals surface area contributed by atoms with E-state index in [4.69, 9.17) is 29.2 Å². The van der Waals surface area contributed by atoms with Crippen molar-refractivity contribution >= 4 is 35.5 Å². The van der Waals surface area contributed by atoms with E-state index < -0.39 is 71.7 Å². The van der Waals surface area contributed by atoms with E-state index in [9.17, 15) is 29.1 Å². The molecular weight excluding hydrogens is 759 g/mol. The Hall–Kier alpha value is -4.42. The second-order valence-corrected chi connectivity index (χ2v) is 18.2. The number of fused-ring (bicyclic) bond motifs is 5. The second kappa shape index (κ2) is 19.3. The Kier molecular flexibility index (Phi) is 14.9. The number of nitrogens with zero attached hydrogens (tertiary/aromatic N) is 3. The number of aliphatic hydroxyl groups is 1.